The molecular weight excluding hydrogens is 366 g/mol. The van der Waals surface area contributed by atoms with Gasteiger partial charge in [-0.3, -0.25) is 14.5 Å². The number of thioether (sulfide) groups is 1. The molecule has 1 saturated heterocycles. The highest BCUT2D eigenvalue weighted by atomic mass is 32.2. The third-order valence-electron chi connectivity index (χ3n) is 3.77. The average molecular weight is 379 g/mol. The molecule has 1 aromatic rings. The van der Waals surface area contributed by atoms with Crippen LogP contribution in [-0.2, 0) is 20.8 Å². The van der Waals surface area contributed by atoms with Gasteiger partial charge in [0.15, 0.2) is 5.82 Å². The molecular formula is C13H13N7O5S. The Morgan fingerprint density at radius 1 is 1.58 bits per heavy atom. The van der Waals surface area contributed by atoms with E-state index in [1.807, 2.05) is 0 Å². The van der Waals surface area contributed by atoms with Crippen molar-refractivity contribution in [2.45, 2.75) is 24.8 Å². The summed E-state index contributed by atoms with van der Waals surface area (Å²) in [5.74, 6) is -1.49. The number of hydrogen-bond donors (Lipinski definition) is 2. The van der Waals surface area contributed by atoms with Crippen molar-refractivity contribution in [3.05, 3.63) is 33.4 Å². The fraction of sp³-hybridized carbons (Fsp3) is 0.462. The Morgan fingerprint density at radius 3 is 2.96 bits per heavy atom. The lowest BCUT2D eigenvalue weighted by Gasteiger charge is -2.49. The number of hydrogen-bond acceptors (Lipinski definition) is 8. The first kappa shape index (κ1) is 17.8. The summed E-state index contributed by atoms with van der Waals surface area (Å²) in [5.41, 5.74) is 8.57. The van der Waals surface area contributed by atoms with E-state index in [1.165, 1.54) is 11.8 Å². The summed E-state index contributed by atoms with van der Waals surface area (Å²) >= 11 is 1.29. The van der Waals surface area contributed by atoms with Crippen molar-refractivity contribution >= 4 is 29.5 Å². The van der Waals surface area contributed by atoms with Crippen LogP contribution >= 0.6 is 11.8 Å². The summed E-state index contributed by atoms with van der Waals surface area (Å²) in [6.45, 7) is 1.49. The van der Waals surface area contributed by atoms with Crippen molar-refractivity contribution in [2.24, 2.45) is 5.11 Å². The molecule has 136 valence electrons. The van der Waals surface area contributed by atoms with Gasteiger partial charge in [0.2, 0.25) is 11.8 Å². The molecule has 0 bridgehead atoms. The number of carbonyl (C=O) groups excluding carboxylic acids is 2. The van der Waals surface area contributed by atoms with Crippen LogP contribution in [0.15, 0.2) is 20.9 Å². The van der Waals surface area contributed by atoms with Crippen LogP contribution in [0.4, 0.5) is 0 Å². The zero-order valence-electron chi connectivity index (χ0n) is 13.4. The molecule has 3 rings (SSSR count). The minimum Gasteiger partial charge on any atom is -0.477 e. The van der Waals surface area contributed by atoms with Crippen LogP contribution < -0.4 is 5.32 Å². The van der Waals surface area contributed by atoms with Gasteiger partial charge < -0.3 is 14.9 Å². The molecule has 2 aliphatic heterocycles. The fourth-order valence-corrected chi connectivity index (χ4v) is 4.03. The first-order valence-electron chi connectivity index (χ1n) is 7.41. The van der Waals surface area contributed by atoms with Gasteiger partial charge in [-0.15, -0.1) is 11.8 Å². The van der Waals surface area contributed by atoms with Crippen LogP contribution in [0.25, 0.3) is 10.4 Å². The van der Waals surface area contributed by atoms with E-state index < -0.39 is 29.2 Å². The van der Waals surface area contributed by atoms with Gasteiger partial charge in [-0.05, 0) is 18.0 Å². The molecule has 1 fully saturated rings. The van der Waals surface area contributed by atoms with E-state index in [9.17, 15) is 19.5 Å². The minimum atomic E-state index is -1.28. The molecule has 1 aromatic heterocycles. The predicted octanol–water partition coefficient (Wildman–Crippen LogP) is -0.0306. The number of rotatable bonds is 6. The molecule has 2 aliphatic rings. The molecule has 1 unspecified atom stereocenters. The monoisotopic (exact) mass is 379 g/mol. The summed E-state index contributed by atoms with van der Waals surface area (Å²) in [7, 11) is 0. The number of carbonyl (C=O) groups is 3. The maximum Gasteiger partial charge on any atom is 0.352 e. The second kappa shape index (κ2) is 7.06. The molecule has 26 heavy (non-hydrogen) atoms. The third kappa shape index (κ3) is 3.21. The molecule has 0 aromatic carbocycles. The van der Waals surface area contributed by atoms with Gasteiger partial charge in [-0.1, -0.05) is 10.3 Å². The molecule has 2 amide bonds. The van der Waals surface area contributed by atoms with Gasteiger partial charge in [0.05, 0.1) is 6.54 Å². The highest BCUT2D eigenvalue weighted by Crippen LogP contribution is 2.40. The number of aryl methyl sites for hydroxylation is 1. The largest absolute Gasteiger partial charge is 0.477 e. The molecule has 13 heteroatoms. The minimum absolute atomic E-state index is 0.127. The van der Waals surface area contributed by atoms with E-state index >= 15 is 0 Å². The van der Waals surface area contributed by atoms with Gasteiger partial charge in [-0.2, -0.15) is 4.98 Å². The van der Waals surface area contributed by atoms with Crippen LogP contribution in [0.2, 0.25) is 0 Å². The number of aliphatic carboxylic acids is 1. The second-order valence-corrected chi connectivity index (χ2v) is 6.62. The Balaban J connectivity index is 1.70. The maximum absolute atomic E-state index is 12.4. The van der Waals surface area contributed by atoms with Crippen molar-refractivity contribution in [1.82, 2.24) is 20.4 Å². The van der Waals surface area contributed by atoms with E-state index in [0.29, 0.717) is 11.4 Å². The zero-order chi connectivity index (χ0) is 18.8. The van der Waals surface area contributed by atoms with Gasteiger partial charge in [0, 0.05) is 10.7 Å². The first-order chi connectivity index (χ1) is 12.4. The van der Waals surface area contributed by atoms with E-state index in [0.717, 1.165) is 4.90 Å². The molecule has 0 radical (unpaired) electrons. The van der Waals surface area contributed by atoms with E-state index in [4.69, 9.17) is 10.1 Å². The molecule has 0 aliphatic carbocycles. The topological polar surface area (TPSA) is 174 Å². The highest BCUT2D eigenvalue weighted by Gasteiger charge is 2.54. The van der Waals surface area contributed by atoms with Crippen LogP contribution in [0, 0.1) is 6.92 Å². The zero-order valence-corrected chi connectivity index (χ0v) is 14.3. The van der Waals surface area contributed by atoms with Crippen molar-refractivity contribution in [3.8, 4) is 0 Å². The smallest absolute Gasteiger partial charge is 0.352 e. The summed E-state index contributed by atoms with van der Waals surface area (Å²) in [5, 5.41) is 18.4. The number of carboxylic acid groups (broad SMARTS) is 1. The van der Waals surface area contributed by atoms with Gasteiger partial charge in [0.25, 0.3) is 5.91 Å². The molecule has 0 spiro atoms. The number of amides is 2. The van der Waals surface area contributed by atoms with Crippen molar-refractivity contribution in [2.75, 3.05) is 12.3 Å². The van der Waals surface area contributed by atoms with Crippen molar-refractivity contribution in [1.29, 1.82) is 0 Å². The average Bonchev–Trinajstić information content (AvgIpc) is 3.01. The van der Waals surface area contributed by atoms with Crippen LogP contribution in [0.3, 0.4) is 0 Å². The highest BCUT2D eigenvalue weighted by molar-refractivity contribution is 8.00. The van der Waals surface area contributed by atoms with Gasteiger partial charge in [-0.25, -0.2) is 4.79 Å². The maximum atomic E-state index is 12.4. The number of aromatic nitrogens is 2. The van der Waals surface area contributed by atoms with Crippen LogP contribution in [0.1, 0.15) is 11.7 Å². The Labute approximate surface area is 150 Å². The Morgan fingerprint density at radius 2 is 2.35 bits per heavy atom. The third-order valence-corrected chi connectivity index (χ3v) is 5.11. The van der Waals surface area contributed by atoms with Crippen LogP contribution in [-0.4, -0.2) is 61.6 Å². The Kier molecular flexibility index (Phi) is 4.82. The summed E-state index contributed by atoms with van der Waals surface area (Å²) < 4.78 is 4.85. The normalized spacial score (nSPS) is 21.6. The summed E-state index contributed by atoms with van der Waals surface area (Å²) in [6, 6.07) is -0.841. The van der Waals surface area contributed by atoms with E-state index in [2.05, 4.69) is 25.5 Å². The first-order valence-corrected chi connectivity index (χ1v) is 8.46. The molecule has 12 nitrogen and oxygen atoms in total. The number of β-lactam (4-membered cyclic amide) rings is 1. The molecule has 2 atom stereocenters. The quantitative estimate of drug-likeness (QED) is 0.300. The number of nitrogens with one attached hydrogen (secondary N) is 1. The lowest BCUT2D eigenvalue weighted by Crippen LogP contribution is -2.70. The van der Waals surface area contributed by atoms with Gasteiger partial charge >= 0.3 is 5.97 Å². The second-order valence-electron chi connectivity index (χ2n) is 5.51. The fourth-order valence-electron chi connectivity index (χ4n) is 2.70. The molecule has 0 saturated carbocycles. The van der Waals surface area contributed by atoms with E-state index in [1.54, 1.807) is 6.92 Å². The Hall–Kier alpha value is -3.05. The lowest BCUT2D eigenvalue weighted by molar-refractivity contribution is -0.150. The number of fused-ring (bicyclic) bond motifs is 1. The number of nitrogens with zero attached hydrogens (tertiary/aromatic N) is 6. The van der Waals surface area contributed by atoms with Gasteiger partial charge in [0.1, 0.15) is 23.5 Å². The van der Waals surface area contributed by atoms with Crippen molar-refractivity contribution in [3.63, 3.8) is 0 Å². The number of azide groups is 1. The Bertz CT molecular complexity index is 859. The SMILES string of the molecule is Cc1noc(CC(=O)NC2C(=O)N3C(C(=O)O)=C(CN=[N+]=[N-])CS[C@H]23)n1. The van der Waals surface area contributed by atoms with E-state index in [-0.39, 0.29) is 30.3 Å². The molecule has 2 N–H and O–H groups in total. The predicted molar refractivity (Wildman–Crippen MR) is 86.4 cm³/mol. The van der Waals surface area contributed by atoms with Crippen LogP contribution in [0.5, 0.6) is 0 Å². The number of carboxylic acids is 1. The summed E-state index contributed by atoms with van der Waals surface area (Å²) in [6.07, 6.45) is -0.175. The lowest BCUT2D eigenvalue weighted by atomic mass is 10.0. The standard InChI is InChI=1S/C13H13N7O5S/c1-5-16-8(25-18-5)2-7(21)17-9-11(22)20-10(13(23)24)6(3-15-19-14)4-26-12(9)20/h9,12H,2-4H2,1H3,(H,17,21)(H,23,24)/t9?,12-/m1/s1. The summed E-state index contributed by atoms with van der Waals surface area (Å²) in [4.78, 5) is 43.6. The molecule has 3 heterocycles. The van der Waals surface area contributed by atoms with Crippen molar-refractivity contribution < 1.29 is 24.0 Å².